The predicted molar refractivity (Wildman–Crippen MR) is 129 cm³/mol. The van der Waals surface area contributed by atoms with Crippen LogP contribution in [0.15, 0.2) is 76.3 Å². The number of amides is 1. The number of nitrogens with zero attached hydrogens (tertiary/aromatic N) is 2. The van der Waals surface area contributed by atoms with Gasteiger partial charge >= 0.3 is 5.69 Å². The second kappa shape index (κ2) is 10.3. The molecule has 0 unspecified atom stereocenters. The molecule has 8 nitrogen and oxygen atoms in total. The Bertz CT molecular complexity index is 1490. The molecule has 1 heterocycles. The number of hydrogen-bond acceptors (Lipinski definition) is 5. The van der Waals surface area contributed by atoms with E-state index in [-0.39, 0.29) is 19.6 Å². The number of hydrogen-bond donors (Lipinski definition) is 1. The number of ether oxygens (including phenoxy) is 2. The van der Waals surface area contributed by atoms with Gasteiger partial charge in [-0.2, -0.15) is 0 Å². The minimum absolute atomic E-state index is 0.0456. The van der Waals surface area contributed by atoms with Crippen LogP contribution in [-0.4, -0.2) is 29.3 Å². The van der Waals surface area contributed by atoms with Crippen LogP contribution in [0.25, 0.3) is 10.9 Å². The molecule has 35 heavy (non-hydrogen) atoms. The SMILES string of the molecule is COc1ccc(CNC(=O)Cn2c(=O)n(Cc3ccc(F)cc3)c(=O)c3ccccc32)cc1OC. The number of aromatic nitrogens is 2. The summed E-state index contributed by atoms with van der Waals surface area (Å²) in [6, 6.07) is 17.5. The fourth-order valence-corrected chi connectivity index (χ4v) is 3.83. The monoisotopic (exact) mass is 477 g/mol. The molecule has 3 aromatic carbocycles. The van der Waals surface area contributed by atoms with Crippen LogP contribution in [-0.2, 0) is 24.4 Å². The molecular formula is C26H24FN3O5. The topological polar surface area (TPSA) is 91.6 Å². The maximum atomic E-state index is 13.3. The highest BCUT2D eigenvalue weighted by molar-refractivity contribution is 5.81. The average molecular weight is 477 g/mol. The molecule has 0 saturated carbocycles. The van der Waals surface area contributed by atoms with Gasteiger partial charge in [0.2, 0.25) is 5.91 Å². The van der Waals surface area contributed by atoms with Crippen LogP contribution in [0.3, 0.4) is 0 Å². The fourth-order valence-electron chi connectivity index (χ4n) is 3.83. The van der Waals surface area contributed by atoms with Crippen molar-refractivity contribution in [3.8, 4) is 11.5 Å². The van der Waals surface area contributed by atoms with E-state index in [1.54, 1.807) is 42.5 Å². The number of rotatable bonds is 8. The first-order valence-electron chi connectivity index (χ1n) is 10.9. The van der Waals surface area contributed by atoms with Gasteiger partial charge in [0.25, 0.3) is 5.56 Å². The molecule has 9 heteroatoms. The van der Waals surface area contributed by atoms with Gasteiger partial charge < -0.3 is 14.8 Å². The molecule has 180 valence electrons. The van der Waals surface area contributed by atoms with Crippen molar-refractivity contribution in [1.82, 2.24) is 14.5 Å². The van der Waals surface area contributed by atoms with Crippen LogP contribution in [0.2, 0.25) is 0 Å². The third-order valence-corrected chi connectivity index (χ3v) is 5.63. The van der Waals surface area contributed by atoms with Crippen molar-refractivity contribution < 1.29 is 18.7 Å². The molecule has 0 atom stereocenters. The molecule has 0 radical (unpaired) electrons. The van der Waals surface area contributed by atoms with Crippen LogP contribution >= 0.6 is 0 Å². The molecule has 4 aromatic rings. The van der Waals surface area contributed by atoms with Gasteiger partial charge in [-0.15, -0.1) is 0 Å². The van der Waals surface area contributed by atoms with E-state index in [0.717, 1.165) is 10.1 Å². The lowest BCUT2D eigenvalue weighted by Gasteiger charge is -2.15. The summed E-state index contributed by atoms with van der Waals surface area (Å²) in [5.41, 5.74) is 0.634. The third kappa shape index (κ3) is 5.08. The molecule has 1 N–H and O–H groups in total. The highest BCUT2D eigenvalue weighted by Gasteiger charge is 2.16. The van der Waals surface area contributed by atoms with E-state index in [0.29, 0.717) is 28.0 Å². The molecule has 4 rings (SSSR count). The Hall–Kier alpha value is -4.40. The van der Waals surface area contributed by atoms with Crippen molar-refractivity contribution in [2.75, 3.05) is 14.2 Å². The van der Waals surface area contributed by atoms with Crippen molar-refractivity contribution in [3.05, 3.63) is 105 Å². The van der Waals surface area contributed by atoms with E-state index in [1.807, 2.05) is 0 Å². The van der Waals surface area contributed by atoms with Gasteiger partial charge in [0, 0.05) is 6.54 Å². The van der Waals surface area contributed by atoms with E-state index in [4.69, 9.17) is 9.47 Å². The molecule has 1 aromatic heterocycles. The summed E-state index contributed by atoms with van der Waals surface area (Å²) in [4.78, 5) is 39.1. The zero-order valence-electron chi connectivity index (χ0n) is 19.3. The zero-order valence-corrected chi connectivity index (χ0v) is 19.3. The van der Waals surface area contributed by atoms with Crippen LogP contribution in [0.5, 0.6) is 11.5 Å². The summed E-state index contributed by atoms with van der Waals surface area (Å²) >= 11 is 0. The van der Waals surface area contributed by atoms with Gasteiger partial charge in [0.15, 0.2) is 11.5 Å². The average Bonchev–Trinajstić information content (AvgIpc) is 2.88. The van der Waals surface area contributed by atoms with Crippen molar-refractivity contribution >= 4 is 16.8 Å². The molecule has 0 bridgehead atoms. The largest absolute Gasteiger partial charge is 0.493 e. The number of carbonyl (C=O) groups is 1. The number of fused-ring (bicyclic) bond motifs is 1. The van der Waals surface area contributed by atoms with Crippen molar-refractivity contribution in [3.63, 3.8) is 0 Å². The molecule has 0 aliphatic heterocycles. The van der Waals surface area contributed by atoms with Crippen LogP contribution < -0.4 is 26.0 Å². The molecule has 1 amide bonds. The molecule has 0 saturated heterocycles. The summed E-state index contributed by atoms with van der Waals surface area (Å²) in [6.07, 6.45) is 0. The quantitative estimate of drug-likeness (QED) is 0.421. The van der Waals surface area contributed by atoms with E-state index >= 15 is 0 Å². The van der Waals surface area contributed by atoms with Gasteiger partial charge in [-0.05, 0) is 47.5 Å². The zero-order chi connectivity index (χ0) is 24.9. The van der Waals surface area contributed by atoms with E-state index in [1.165, 1.54) is 43.1 Å². The Morgan fingerprint density at radius 2 is 1.57 bits per heavy atom. The molecule has 0 spiro atoms. The normalized spacial score (nSPS) is 10.8. The maximum Gasteiger partial charge on any atom is 0.332 e. The lowest BCUT2D eigenvalue weighted by molar-refractivity contribution is -0.121. The Morgan fingerprint density at radius 3 is 2.29 bits per heavy atom. The predicted octanol–water partition coefficient (Wildman–Crippen LogP) is 2.68. The lowest BCUT2D eigenvalue weighted by atomic mass is 10.2. The van der Waals surface area contributed by atoms with Gasteiger partial charge in [-0.3, -0.25) is 18.7 Å². The Labute approximate surface area is 200 Å². The van der Waals surface area contributed by atoms with Crippen LogP contribution in [0.4, 0.5) is 4.39 Å². The van der Waals surface area contributed by atoms with Crippen molar-refractivity contribution in [2.24, 2.45) is 0 Å². The number of para-hydroxylation sites is 1. The first-order valence-corrected chi connectivity index (χ1v) is 10.9. The highest BCUT2D eigenvalue weighted by Crippen LogP contribution is 2.27. The van der Waals surface area contributed by atoms with Crippen molar-refractivity contribution in [1.29, 1.82) is 0 Å². The van der Waals surface area contributed by atoms with Crippen LogP contribution in [0.1, 0.15) is 11.1 Å². The Kier molecular flexibility index (Phi) is 6.96. The summed E-state index contributed by atoms with van der Waals surface area (Å²) < 4.78 is 26.1. The Balaban J connectivity index is 1.62. The molecular weight excluding hydrogens is 453 g/mol. The summed E-state index contributed by atoms with van der Waals surface area (Å²) in [7, 11) is 3.06. The Morgan fingerprint density at radius 1 is 0.886 bits per heavy atom. The highest BCUT2D eigenvalue weighted by atomic mass is 19.1. The molecule has 0 fully saturated rings. The summed E-state index contributed by atoms with van der Waals surface area (Å²) in [6.45, 7) is -0.118. The third-order valence-electron chi connectivity index (χ3n) is 5.63. The van der Waals surface area contributed by atoms with E-state index in [9.17, 15) is 18.8 Å². The van der Waals surface area contributed by atoms with Crippen LogP contribution in [0, 0.1) is 5.82 Å². The van der Waals surface area contributed by atoms with E-state index in [2.05, 4.69) is 5.32 Å². The van der Waals surface area contributed by atoms with Gasteiger partial charge in [-0.25, -0.2) is 9.18 Å². The minimum Gasteiger partial charge on any atom is -0.493 e. The number of carbonyl (C=O) groups excluding carboxylic acids is 1. The number of benzene rings is 3. The second-order valence-corrected chi connectivity index (χ2v) is 7.87. The van der Waals surface area contributed by atoms with Gasteiger partial charge in [-0.1, -0.05) is 30.3 Å². The summed E-state index contributed by atoms with van der Waals surface area (Å²) in [5.74, 6) is 0.292. The van der Waals surface area contributed by atoms with Gasteiger partial charge in [0.1, 0.15) is 12.4 Å². The first kappa shape index (κ1) is 23.7. The standard InChI is InChI=1S/C26H24FN3O5/c1-34-22-12-9-18(13-23(22)35-2)14-28-24(31)16-29-21-6-4-3-5-20(21)25(32)30(26(29)33)15-17-7-10-19(27)11-8-17/h3-13H,14-16H2,1-2H3,(H,28,31). The minimum atomic E-state index is -0.626. The second-order valence-electron chi connectivity index (χ2n) is 7.87. The lowest BCUT2D eigenvalue weighted by Crippen LogP contribution is -2.42. The molecule has 0 aliphatic rings. The maximum absolute atomic E-state index is 13.3. The first-order chi connectivity index (χ1) is 16.9. The molecule has 0 aliphatic carbocycles. The summed E-state index contributed by atoms with van der Waals surface area (Å²) in [5, 5.41) is 3.10. The number of methoxy groups -OCH3 is 2. The van der Waals surface area contributed by atoms with Gasteiger partial charge in [0.05, 0.1) is 31.7 Å². The number of nitrogens with one attached hydrogen (secondary N) is 1. The van der Waals surface area contributed by atoms with E-state index < -0.39 is 23.0 Å². The van der Waals surface area contributed by atoms with Crippen molar-refractivity contribution in [2.45, 2.75) is 19.6 Å². The fraction of sp³-hybridized carbons (Fsp3) is 0.192. The number of halogens is 1. The smallest absolute Gasteiger partial charge is 0.332 e.